The largest absolute Gasteiger partial charge is 0.352 e. The Kier molecular flexibility index (Phi) is 8.50. The van der Waals surface area contributed by atoms with Gasteiger partial charge in [0, 0.05) is 23.0 Å². The lowest BCUT2D eigenvalue weighted by molar-refractivity contribution is -0.121. The monoisotopic (exact) mass is 495 g/mol. The van der Waals surface area contributed by atoms with Crippen LogP contribution in [0.3, 0.4) is 0 Å². The van der Waals surface area contributed by atoms with Crippen LogP contribution >= 0.6 is 11.6 Å². The number of carbonyl (C=O) groups excluding carboxylic acids is 2. The average Bonchev–Trinajstić information content (AvgIpc) is 3.33. The molecule has 0 saturated carbocycles. The van der Waals surface area contributed by atoms with Gasteiger partial charge in [-0.25, -0.2) is 0 Å². The smallest absolute Gasteiger partial charge is 0.253 e. The van der Waals surface area contributed by atoms with Crippen LogP contribution in [0.1, 0.15) is 48.9 Å². The summed E-state index contributed by atoms with van der Waals surface area (Å²) < 4.78 is 5.42. The van der Waals surface area contributed by atoms with Gasteiger partial charge in [-0.15, -0.1) is 0 Å². The number of piperidine rings is 1. The Hall–Kier alpha value is -3.23. The Labute approximate surface area is 210 Å². The van der Waals surface area contributed by atoms with E-state index in [0.29, 0.717) is 53.9 Å². The molecule has 1 aliphatic rings. The van der Waals surface area contributed by atoms with Crippen LogP contribution in [0.15, 0.2) is 53.1 Å². The summed E-state index contributed by atoms with van der Waals surface area (Å²) in [7, 11) is 0. The van der Waals surface area contributed by atoms with E-state index in [9.17, 15) is 9.59 Å². The van der Waals surface area contributed by atoms with E-state index in [4.69, 9.17) is 16.1 Å². The summed E-state index contributed by atoms with van der Waals surface area (Å²) in [6.45, 7) is 4.71. The minimum atomic E-state index is -0.166. The van der Waals surface area contributed by atoms with Gasteiger partial charge >= 0.3 is 0 Å². The molecule has 8 nitrogen and oxygen atoms in total. The van der Waals surface area contributed by atoms with Crippen LogP contribution in [0.4, 0.5) is 5.69 Å². The molecule has 2 N–H and O–H groups in total. The third-order valence-electron chi connectivity index (χ3n) is 6.11. The van der Waals surface area contributed by atoms with Crippen molar-refractivity contribution in [2.24, 2.45) is 5.92 Å². The van der Waals surface area contributed by atoms with Gasteiger partial charge in [0.15, 0.2) is 0 Å². The minimum absolute atomic E-state index is 0.0560. The molecular formula is C26H30ClN5O3. The Morgan fingerprint density at radius 1 is 1.14 bits per heavy atom. The molecule has 3 aromatic rings. The lowest BCUT2D eigenvalue weighted by Crippen LogP contribution is -2.38. The van der Waals surface area contributed by atoms with E-state index in [1.807, 2.05) is 18.2 Å². The number of hydrogen-bond acceptors (Lipinski definition) is 6. The Bertz CT molecular complexity index is 1160. The highest BCUT2D eigenvalue weighted by Gasteiger charge is 2.27. The van der Waals surface area contributed by atoms with Gasteiger partial charge in [-0.3, -0.25) is 14.5 Å². The topological polar surface area (TPSA) is 100 Å². The molecular weight excluding hydrogens is 466 g/mol. The number of hydrogen-bond donors (Lipinski definition) is 2. The molecule has 1 aliphatic heterocycles. The minimum Gasteiger partial charge on any atom is -0.352 e. The molecule has 0 unspecified atom stereocenters. The van der Waals surface area contributed by atoms with Gasteiger partial charge < -0.3 is 15.2 Å². The molecule has 184 valence electrons. The van der Waals surface area contributed by atoms with Crippen LogP contribution in [0, 0.1) is 5.92 Å². The lowest BCUT2D eigenvalue weighted by atomic mass is 9.95. The zero-order chi connectivity index (χ0) is 24.6. The van der Waals surface area contributed by atoms with Crippen molar-refractivity contribution < 1.29 is 14.1 Å². The zero-order valence-electron chi connectivity index (χ0n) is 19.8. The number of nitrogens with one attached hydrogen (secondary N) is 2. The quantitative estimate of drug-likeness (QED) is 0.415. The van der Waals surface area contributed by atoms with E-state index >= 15 is 0 Å². The summed E-state index contributed by atoms with van der Waals surface area (Å²) in [5.41, 5.74) is 1.84. The number of para-hydroxylation sites is 1. The van der Waals surface area contributed by atoms with Crippen molar-refractivity contribution in [3.05, 3.63) is 65.0 Å². The molecule has 1 fully saturated rings. The zero-order valence-corrected chi connectivity index (χ0v) is 20.6. The number of anilines is 1. The maximum Gasteiger partial charge on any atom is 0.253 e. The van der Waals surface area contributed by atoms with Crippen LogP contribution in [0.25, 0.3) is 11.4 Å². The third kappa shape index (κ3) is 6.68. The van der Waals surface area contributed by atoms with E-state index in [1.165, 1.54) is 0 Å². The second-order valence-electron chi connectivity index (χ2n) is 8.72. The van der Waals surface area contributed by atoms with E-state index < -0.39 is 0 Å². The normalized spacial score (nSPS) is 14.6. The molecule has 0 bridgehead atoms. The molecule has 0 spiro atoms. The van der Waals surface area contributed by atoms with Crippen molar-refractivity contribution in [2.75, 3.05) is 25.0 Å². The molecule has 2 amide bonds. The van der Waals surface area contributed by atoms with Crippen molar-refractivity contribution in [2.45, 2.75) is 39.2 Å². The van der Waals surface area contributed by atoms with Crippen molar-refractivity contribution in [1.82, 2.24) is 20.4 Å². The molecule has 2 heterocycles. The predicted molar refractivity (Wildman–Crippen MR) is 135 cm³/mol. The summed E-state index contributed by atoms with van der Waals surface area (Å²) in [6, 6.07) is 14.5. The average molecular weight is 496 g/mol. The number of nitrogens with zero attached hydrogens (tertiary/aromatic N) is 3. The van der Waals surface area contributed by atoms with Crippen LogP contribution in [0.2, 0.25) is 5.02 Å². The Balaban J connectivity index is 1.29. The van der Waals surface area contributed by atoms with E-state index in [1.54, 1.807) is 30.3 Å². The van der Waals surface area contributed by atoms with Gasteiger partial charge in [-0.2, -0.15) is 4.98 Å². The van der Waals surface area contributed by atoms with Crippen LogP contribution in [-0.4, -0.2) is 46.5 Å². The molecule has 9 heteroatoms. The second kappa shape index (κ2) is 12.0. The number of halogens is 1. The highest BCUT2D eigenvalue weighted by molar-refractivity contribution is 6.30. The predicted octanol–water partition coefficient (Wildman–Crippen LogP) is 4.77. The van der Waals surface area contributed by atoms with Crippen molar-refractivity contribution >= 4 is 29.1 Å². The number of likely N-dealkylation sites (tertiary alicyclic amines) is 1. The van der Waals surface area contributed by atoms with Gasteiger partial charge in [0.25, 0.3) is 5.91 Å². The Morgan fingerprint density at radius 3 is 2.71 bits per heavy atom. The fourth-order valence-corrected chi connectivity index (χ4v) is 4.30. The van der Waals surface area contributed by atoms with Crippen molar-refractivity contribution in [1.29, 1.82) is 0 Å². The summed E-state index contributed by atoms with van der Waals surface area (Å²) >= 11 is 6.05. The molecule has 0 atom stereocenters. The highest BCUT2D eigenvalue weighted by Crippen LogP contribution is 2.24. The first-order valence-electron chi connectivity index (χ1n) is 12.0. The number of carbonyl (C=O) groups is 2. The molecule has 1 saturated heterocycles. The molecule has 0 aliphatic carbocycles. The molecule has 1 aromatic heterocycles. The van der Waals surface area contributed by atoms with Gasteiger partial charge in [0.2, 0.25) is 17.6 Å². The van der Waals surface area contributed by atoms with E-state index in [0.717, 1.165) is 31.5 Å². The first kappa shape index (κ1) is 24.9. The second-order valence-corrected chi connectivity index (χ2v) is 9.15. The molecule has 0 radical (unpaired) electrons. The van der Waals surface area contributed by atoms with E-state index in [-0.39, 0.29) is 17.7 Å². The van der Waals surface area contributed by atoms with Gasteiger partial charge in [0.05, 0.1) is 17.8 Å². The van der Waals surface area contributed by atoms with Crippen LogP contribution in [-0.2, 0) is 11.3 Å². The number of benzene rings is 2. The lowest BCUT2D eigenvalue weighted by Gasteiger charge is -2.30. The number of unbranched alkanes of at least 4 members (excludes halogenated alkanes) is 1. The summed E-state index contributed by atoms with van der Waals surface area (Å²) in [5.74, 6) is 0.701. The van der Waals surface area contributed by atoms with Crippen LogP contribution in [0.5, 0.6) is 0 Å². The SMILES string of the molecule is CCCCNC(=O)c1ccccc1NC(=O)C1CCN(Cc2nc(-c3cccc(Cl)c3)no2)CC1. The van der Waals surface area contributed by atoms with Crippen LogP contribution < -0.4 is 10.6 Å². The Morgan fingerprint density at radius 2 is 1.94 bits per heavy atom. The summed E-state index contributed by atoms with van der Waals surface area (Å²) in [4.78, 5) is 32.2. The summed E-state index contributed by atoms with van der Waals surface area (Å²) in [5, 5.41) is 10.6. The van der Waals surface area contributed by atoms with Crippen molar-refractivity contribution in [3.63, 3.8) is 0 Å². The fraction of sp³-hybridized carbons (Fsp3) is 0.385. The van der Waals surface area contributed by atoms with Crippen molar-refractivity contribution in [3.8, 4) is 11.4 Å². The van der Waals surface area contributed by atoms with E-state index in [2.05, 4.69) is 32.6 Å². The third-order valence-corrected chi connectivity index (χ3v) is 6.35. The number of amides is 2. The number of rotatable bonds is 9. The molecule has 2 aromatic carbocycles. The van der Waals surface area contributed by atoms with Gasteiger partial charge in [-0.05, 0) is 56.6 Å². The maximum absolute atomic E-state index is 12.9. The summed E-state index contributed by atoms with van der Waals surface area (Å²) in [6.07, 6.45) is 3.36. The molecule has 4 rings (SSSR count). The van der Waals surface area contributed by atoms with Gasteiger partial charge in [0.1, 0.15) is 0 Å². The highest BCUT2D eigenvalue weighted by atomic mass is 35.5. The maximum atomic E-state index is 12.9. The first-order chi connectivity index (χ1) is 17.0. The van der Waals surface area contributed by atoms with Gasteiger partial charge in [-0.1, -0.05) is 54.4 Å². The standard InChI is InChI=1S/C26H30ClN5O3/c1-2-3-13-28-26(34)21-9-4-5-10-22(21)29-25(33)18-11-14-32(15-12-18)17-23-30-24(31-35-23)19-7-6-8-20(27)16-19/h4-10,16,18H,2-3,11-15,17H2,1H3,(H,28,34)(H,29,33). The fourth-order valence-electron chi connectivity index (χ4n) is 4.11. The molecule has 35 heavy (non-hydrogen) atoms. The first-order valence-corrected chi connectivity index (χ1v) is 12.4. The number of aromatic nitrogens is 2.